The van der Waals surface area contributed by atoms with E-state index in [1.165, 1.54) is 12.1 Å². The highest BCUT2D eigenvalue weighted by Gasteiger charge is 2.18. The molecule has 0 radical (unpaired) electrons. The van der Waals surface area contributed by atoms with Gasteiger partial charge < -0.3 is 20.3 Å². The summed E-state index contributed by atoms with van der Waals surface area (Å²) in [6, 6.07) is 2.67. The summed E-state index contributed by atoms with van der Waals surface area (Å²) in [6.45, 7) is 17.4. The summed E-state index contributed by atoms with van der Waals surface area (Å²) in [5.41, 5.74) is 0.641. The normalized spacial score (nSPS) is 9.41. The maximum Gasteiger partial charge on any atom is 0.355 e. The molecule has 0 aliphatic rings. The molecule has 2 heterocycles. The van der Waals surface area contributed by atoms with Crippen molar-refractivity contribution >= 4 is 46.5 Å². The van der Waals surface area contributed by atoms with Gasteiger partial charge in [-0.1, -0.05) is 23.2 Å². The number of hydrogen-bond acceptors (Lipinski definition) is 5. The van der Waals surface area contributed by atoms with Crippen LogP contribution in [0.1, 0.15) is 34.8 Å². The number of rotatable bonds is 4. The monoisotopic (exact) mass is 411 g/mol. The summed E-state index contributed by atoms with van der Waals surface area (Å²) < 4.78 is 10.4. The van der Waals surface area contributed by atoms with Gasteiger partial charge in [0.1, 0.15) is 21.7 Å². The molecule has 0 atom stereocenters. The van der Waals surface area contributed by atoms with Crippen molar-refractivity contribution in [1.82, 2.24) is 9.66 Å². The van der Waals surface area contributed by atoms with E-state index in [0.29, 0.717) is 6.61 Å². The highest BCUT2D eigenvalue weighted by molar-refractivity contribution is 6.33. The zero-order valence-corrected chi connectivity index (χ0v) is 15.9. The zero-order valence-electron chi connectivity index (χ0n) is 14.4. The maximum absolute atomic E-state index is 11.3. The number of carbonyl (C=O) groups is 2. The number of ether oxygens (including phenoxy) is 2. The summed E-state index contributed by atoms with van der Waals surface area (Å²) in [7, 11) is 0. The minimum atomic E-state index is -0.591. The molecule has 142 valence electrons. The van der Waals surface area contributed by atoms with Crippen LogP contribution in [-0.4, -0.2) is 34.8 Å². The molecule has 0 aliphatic heterocycles. The zero-order chi connectivity index (χ0) is 20.6. The standard InChI is InChI=1S/C8H8ClN3O2.C8H7ClN2O2/c1-3-14-8(13)6-4-5(11-2)7(9)12(6)10;1-3-13-8(12)6-4-5(10-2)7(9)11-6/h4H,3,10H2,1H3;4,11H,3H2,1H3. The largest absolute Gasteiger partial charge is 0.461 e. The van der Waals surface area contributed by atoms with Gasteiger partial charge in [-0.3, -0.25) is 4.68 Å². The number of nitrogen functional groups attached to an aromatic ring is 1. The Morgan fingerprint density at radius 2 is 1.67 bits per heavy atom. The van der Waals surface area contributed by atoms with Gasteiger partial charge in [-0.25, -0.2) is 19.3 Å². The molecule has 0 bridgehead atoms. The number of halogens is 2. The average Bonchev–Trinajstić information content (AvgIpc) is 3.16. The van der Waals surface area contributed by atoms with Crippen molar-refractivity contribution in [2.24, 2.45) is 0 Å². The smallest absolute Gasteiger partial charge is 0.355 e. The molecule has 27 heavy (non-hydrogen) atoms. The maximum atomic E-state index is 11.3. The molecule has 0 saturated carbocycles. The minimum Gasteiger partial charge on any atom is -0.461 e. The van der Waals surface area contributed by atoms with E-state index in [9.17, 15) is 9.59 Å². The summed E-state index contributed by atoms with van der Waals surface area (Å²) in [4.78, 5) is 31.1. The summed E-state index contributed by atoms with van der Waals surface area (Å²) in [6.07, 6.45) is 0. The van der Waals surface area contributed by atoms with Crippen LogP contribution in [0.5, 0.6) is 0 Å². The van der Waals surface area contributed by atoms with Crippen LogP contribution in [0.4, 0.5) is 11.4 Å². The first-order chi connectivity index (χ1) is 12.8. The van der Waals surface area contributed by atoms with Crippen LogP contribution in [0.15, 0.2) is 12.1 Å². The average molecular weight is 412 g/mol. The molecule has 0 fully saturated rings. The lowest BCUT2D eigenvalue weighted by molar-refractivity contribution is 0.0508. The van der Waals surface area contributed by atoms with Gasteiger partial charge in [0.2, 0.25) is 11.4 Å². The molecule has 2 aromatic heterocycles. The molecule has 0 unspecified atom stereocenters. The molecule has 0 amide bonds. The SMILES string of the molecule is [C-]#[N+]c1cc(C(=O)OCC)[nH]c1Cl.[C-]#[N+]c1cc(C(=O)OCC)n(N)c1Cl. The first kappa shape index (κ1) is 21.9. The quantitative estimate of drug-likeness (QED) is 0.449. The Labute approximate surface area is 165 Å². The number of nitrogens with zero attached hydrogens (tertiary/aromatic N) is 3. The van der Waals surface area contributed by atoms with Gasteiger partial charge in [-0.15, -0.1) is 0 Å². The van der Waals surface area contributed by atoms with Crippen LogP contribution >= 0.6 is 23.2 Å². The second-order valence-electron chi connectivity index (χ2n) is 4.62. The van der Waals surface area contributed by atoms with Crippen LogP contribution in [0.2, 0.25) is 10.3 Å². The Kier molecular flexibility index (Phi) is 8.21. The first-order valence-electron chi connectivity index (χ1n) is 7.44. The van der Waals surface area contributed by atoms with Crippen molar-refractivity contribution in [2.75, 3.05) is 19.1 Å². The fourth-order valence-corrected chi connectivity index (χ4v) is 2.13. The van der Waals surface area contributed by atoms with E-state index in [-0.39, 0.29) is 39.7 Å². The fourth-order valence-electron chi connectivity index (χ4n) is 1.75. The molecule has 2 rings (SSSR count). The molecule has 0 aliphatic carbocycles. The molecule has 9 nitrogen and oxygen atoms in total. The predicted octanol–water partition coefficient (Wildman–Crippen LogP) is 3.98. The molecule has 2 aromatic rings. The fraction of sp³-hybridized carbons (Fsp3) is 0.250. The Bertz CT molecular complexity index is 921. The number of nitrogens with one attached hydrogen (secondary N) is 1. The topological polar surface area (TPSA) is 108 Å². The molecular formula is C16H15Cl2N5O4. The van der Waals surface area contributed by atoms with Crippen LogP contribution in [0.25, 0.3) is 9.69 Å². The van der Waals surface area contributed by atoms with Crippen molar-refractivity contribution < 1.29 is 19.1 Å². The third kappa shape index (κ3) is 5.42. The van der Waals surface area contributed by atoms with E-state index in [0.717, 1.165) is 4.68 Å². The molecule has 0 saturated heterocycles. The van der Waals surface area contributed by atoms with E-state index in [4.69, 9.17) is 51.7 Å². The van der Waals surface area contributed by atoms with Crippen molar-refractivity contribution in [2.45, 2.75) is 13.8 Å². The van der Waals surface area contributed by atoms with Crippen LogP contribution in [0.3, 0.4) is 0 Å². The minimum absolute atomic E-state index is 0.0306. The van der Waals surface area contributed by atoms with Gasteiger partial charge in [0, 0.05) is 0 Å². The number of H-pyrrole nitrogens is 1. The molecule has 3 N–H and O–H groups in total. The molecule has 0 spiro atoms. The van der Waals surface area contributed by atoms with Crippen LogP contribution in [0, 0.1) is 13.1 Å². The number of aromatic nitrogens is 2. The Morgan fingerprint density at radius 3 is 2.11 bits per heavy atom. The third-order valence-corrected chi connectivity index (χ3v) is 3.59. The first-order valence-corrected chi connectivity index (χ1v) is 8.20. The van der Waals surface area contributed by atoms with Gasteiger partial charge in [-0.2, -0.15) is 0 Å². The molecular weight excluding hydrogens is 397 g/mol. The lowest BCUT2D eigenvalue weighted by Crippen LogP contribution is -2.17. The second kappa shape index (κ2) is 10.1. The number of hydrogen-bond donors (Lipinski definition) is 2. The lowest BCUT2D eigenvalue weighted by Gasteiger charge is -2.03. The summed E-state index contributed by atoms with van der Waals surface area (Å²) >= 11 is 11.3. The summed E-state index contributed by atoms with van der Waals surface area (Å²) in [5.74, 6) is 4.36. The Morgan fingerprint density at radius 1 is 1.11 bits per heavy atom. The summed E-state index contributed by atoms with van der Waals surface area (Å²) in [5, 5.41) is 0.195. The number of esters is 2. The number of nitrogens with two attached hydrogens (primary N) is 1. The van der Waals surface area contributed by atoms with E-state index in [1.54, 1.807) is 13.8 Å². The second-order valence-corrected chi connectivity index (χ2v) is 5.36. The Hall–Kier alpha value is -3.14. The van der Waals surface area contributed by atoms with Gasteiger partial charge >= 0.3 is 11.9 Å². The van der Waals surface area contributed by atoms with Crippen molar-refractivity contribution in [3.63, 3.8) is 0 Å². The predicted molar refractivity (Wildman–Crippen MR) is 99.8 cm³/mol. The van der Waals surface area contributed by atoms with E-state index in [1.807, 2.05) is 0 Å². The van der Waals surface area contributed by atoms with Crippen LogP contribution in [-0.2, 0) is 9.47 Å². The van der Waals surface area contributed by atoms with Gasteiger partial charge in [-0.05, 0) is 26.0 Å². The van der Waals surface area contributed by atoms with Crippen molar-refractivity contribution in [3.05, 3.63) is 56.7 Å². The van der Waals surface area contributed by atoms with Gasteiger partial charge in [0.05, 0.1) is 26.4 Å². The van der Waals surface area contributed by atoms with Crippen molar-refractivity contribution in [3.8, 4) is 0 Å². The van der Waals surface area contributed by atoms with Crippen LogP contribution < -0.4 is 5.84 Å². The Balaban J connectivity index is 0.000000271. The van der Waals surface area contributed by atoms with Gasteiger partial charge in [0.15, 0.2) is 0 Å². The van der Waals surface area contributed by atoms with E-state index in [2.05, 4.69) is 14.7 Å². The third-order valence-electron chi connectivity index (χ3n) is 2.93. The molecule has 11 heteroatoms. The highest BCUT2D eigenvalue weighted by atomic mass is 35.5. The molecule has 0 aromatic carbocycles. The number of carbonyl (C=O) groups excluding carboxylic acids is 2. The van der Waals surface area contributed by atoms with E-state index < -0.39 is 11.9 Å². The van der Waals surface area contributed by atoms with E-state index >= 15 is 0 Å². The number of aromatic amines is 1. The lowest BCUT2D eigenvalue weighted by atomic mass is 10.4. The van der Waals surface area contributed by atoms with Crippen molar-refractivity contribution in [1.29, 1.82) is 0 Å². The van der Waals surface area contributed by atoms with Gasteiger partial charge in [0.25, 0.3) is 0 Å². The highest BCUT2D eigenvalue weighted by Crippen LogP contribution is 2.27.